The van der Waals surface area contributed by atoms with Crippen LogP contribution in [0, 0.1) is 0 Å². The molecule has 278 valence electrons. The molecule has 2 heterocycles. The average molecular weight is 888 g/mol. The standard InChI is InChI=1S/C39H39ClN3O7PS.HI/c1-39(2,3)50-38(49)42-31(24-19-20-30(44)29(40)21-24)34(45)41-32-35(46)43-33(37(47)48)25(23-52-36(32)43)22-51(26-13-7-4-8-14-26,27-15-9-5-10-16-27)28-17-11-6-12-18-28;/h4-21,31-32,36,44,51H,22-23H2,1-3H3,(H,41,45)(H,42,49)(H,47,48);1H/t31?,32-,36+;/m1./s1. The zero-order valence-electron chi connectivity index (χ0n) is 29.1. The van der Waals surface area contributed by atoms with Crippen molar-refractivity contribution >= 4 is 94.4 Å². The normalized spacial score (nSPS) is 17.7. The van der Waals surface area contributed by atoms with E-state index in [0.29, 0.717) is 17.5 Å². The van der Waals surface area contributed by atoms with Crippen molar-refractivity contribution in [1.82, 2.24) is 15.5 Å². The molecule has 2 aliphatic heterocycles. The molecule has 0 bridgehead atoms. The van der Waals surface area contributed by atoms with E-state index in [1.165, 1.54) is 34.9 Å². The number of halogens is 2. The second-order valence-electron chi connectivity index (χ2n) is 13.6. The molecule has 0 saturated carbocycles. The first kappa shape index (κ1) is 40.1. The third-order valence-electron chi connectivity index (χ3n) is 9.05. The molecule has 0 aliphatic carbocycles. The van der Waals surface area contributed by atoms with Gasteiger partial charge in [-0.15, -0.1) is 24.0 Å². The van der Waals surface area contributed by atoms with Gasteiger partial charge in [-0.05, 0) is 20.8 Å². The molecule has 3 amide bonds. The molecule has 1 unspecified atom stereocenters. The van der Waals surface area contributed by atoms with Crippen LogP contribution in [0.25, 0.3) is 0 Å². The number of rotatable bonds is 10. The number of aliphatic carboxylic acids is 1. The van der Waals surface area contributed by atoms with E-state index in [1.807, 2.05) is 54.6 Å². The quantitative estimate of drug-likeness (QED) is 0.0904. The Morgan fingerprint density at radius 2 is 1.45 bits per heavy atom. The number of benzene rings is 4. The molecule has 4 N–H and O–H groups in total. The Balaban J connectivity index is 0.00000541. The summed E-state index contributed by atoms with van der Waals surface area (Å²) in [5.74, 6) is -2.43. The van der Waals surface area contributed by atoms with Gasteiger partial charge in [0.15, 0.2) is 0 Å². The molecule has 1 fully saturated rings. The van der Waals surface area contributed by atoms with Crippen LogP contribution < -0.4 is 26.5 Å². The maximum atomic E-state index is 13.9. The molecular weight excluding hydrogens is 848 g/mol. The minimum absolute atomic E-state index is 0. The van der Waals surface area contributed by atoms with Crippen LogP contribution in [0.3, 0.4) is 0 Å². The number of aromatic hydroxyl groups is 1. The van der Waals surface area contributed by atoms with E-state index < -0.39 is 54.2 Å². The number of carboxylic acids is 1. The van der Waals surface area contributed by atoms with Crippen LogP contribution in [0.1, 0.15) is 32.4 Å². The van der Waals surface area contributed by atoms with Crippen molar-refractivity contribution in [2.45, 2.75) is 43.8 Å². The van der Waals surface area contributed by atoms with Crippen LogP contribution >= 0.6 is 54.6 Å². The van der Waals surface area contributed by atoms with Crippen molar-refractivity contribution < 1.29 is 34.1 Å². The molecule has 53 heavy (non-hydrogen) atoms. The maximum absolute atomic E-state index is 13.9. The summed E-state index contributed by atoms with van der Waals surface area (Å²) in [6.45, 7) is 5.03. The number of β-lactam (4-membered cyclic amide) rings is 1. The number of carboxylic acid groups (broad SMARTS) is 1. The van der Waals surface area contributed by atoms with Gasteiger partial charge in [-0.25, -0.2) is 0 Å². The minimum atomic E-state index is -2.91. The number of hydrogen-bond donors (Lipinski definition) is 4. The number of ether oxygens (including phenoxy) is 1. The molecule has 4 aromatic rings. The van der Waals surface area contributed by atoms with Crippen LogP contribution in [0.15, 0.2) is 120 Å². The van der Waals surface area contributed by atoms with Gasteiger partial charge in [0, 0.05) is 0 Å². The first-order valence-electron chi connectivity index (χ1n) is 16.6. The monoisotopic (exact) mass is 887 g/mol. The van der Waals surface area contributed by atoms with Crippen molar-refractivity contribution in [3.8, 4) is 5.75 Å². The zero-order chi connectivity index (χ0) is 37.2. The molecule has 6 rings (SSSR count). The van der Waals surface area contributed by atoms with Gasteiger partial charge in [-0.2, -0.15) is 0 Å². The van der Waals surface area contributed by atoms with Crippen molar-refractivity contribution in [3.05, 3.63) is 131 Å². The molecule has 10 nitrogen and oxygen atoms in total. The summed E-state index contributed by atoms with van der Waals surface area (Å²) in [6.07, 6.45) is -0.467. The van der Waals surface area contributed by atoms with E-state index in [-0.39, 0.29) is 46.0 Å². The van der Waals surface area contributed by atoms with E-state index in [1.54, 1.807) is 20.8 Å². The van der Waals surface area contributed by atoms with Gasteiger partial charge in [0.25, 0.3) is 0 Å². The SMILES string of the molecule is CC(C)(C)OC(=O)NC(C(=O)N[C@@H]1C(=O)N2C(C(=O)O)=C(C[PH](c3ccccc3)(c3ccccc3)c3ccccc3)CS[C@@H]12)c1ccc(O)c(Cl)c1.I. The summed E-state index contributed by atoms with van der Waals surface area (Å²) >= 11 is 7.52. The predicted molar refractivity (Wildman–Crippen MR) is 222 cm³/mol. The number of phenolic OH excluding ortho intramolecular Hbond substituents is 1. The Kier molecular flexibility index (Phi) is 12.5. The molecule has 0 spiro atoms. The fourth-order valence-corrected chi connectivity index (χ4v) is 13.3. The molecule has 2 aliphatic rings. The summed E-state index contributed by atoms with van der Waals surface area (Å²) < 4.78 is 5.37. The van der Waals surface area contributed by atoms with Gasteiger partial charge >= 0.3 is 264 Å². The van der Waals surface area contributed by atoms with Gasteiger partial charge in [-0.1, -0.05) is 11.6 Å². The summed E-state index contributed by atoms with van der Waals surface area (Å²) in [5, 5.41) is 28.5. The Bertz CT molecular complexity index is 1940. The van der Waals surface area contributed by atoms with Crippen molar-refractivity contribution in [2.75, 3.05) is 11.9 Å². The molecule has 14 heteroatoms. The van der Waals surface area contributed by atoms with E-state index in [2.05, 4.69) is 47.0 Å². The second-order valence-corrected chi connectivity index (χ2v) is 19.0. The first-order chi connectivity index (χ1) is 24.8. The number of carbonyl (C=O) groups is 4. The zero-order valence-corrected chi connectivity index (χ0v) is 34.0. The van der Waals surface area contributed by atoms with Gasteiger partial charge in [-0.3, -0.25) is 0 Å². The fourth-order valence-electron chi connectivity index (χ4n) is 6.78. The van der Waals surface area contributed by atoms with Crippen LogP contribution in [0.2, 0.25) is 5.02 Å². The largest absolute Gasteiger partial charge is 0.107 e. The Morgan fingerprint density at radius 3 is 1.92 bits per heavy atom. The van der Waals surface area contributed by atoms with E-state index in [4.69, 9.17) is 16.3 Å². The number of nitrogens with zero attached hydrogens (tertiary/aromatic N) is 1. The smallest absolute Gasteiger partial charge is 0.107 e. The summed E-state index contributed by atoms with van der Waals surface area (Å²) in [7, 11) is -2.91. The van der Waals surface area contributed by atoms with Crippen molar-refractivity contribution in [3.63, 3.8) is 0 Å². The number of nitrogens with one attached hydrogen (secondary N) is 2. The second kappa shape index (κ2) is 16.5. The molecule has 0 aromatic heterocycles. The molecule has 3 atom stereocenters. The first-order valence-corrected chi connectivity index (χ1v) is 20.3. The summed E-state index contributed by atoms with van der Waals surface area (Å²) in [5.41, 5.74) is -0.0605. The fraction of sp³-hybridized carbons (Fsp3) is 0.231. The van der Waals surface area contributed by atoms with E-state index in [0.717, 1.165) is 15.9 Å². The Labute approximate surface area is 334 Å². The molecule has 1 saturated heterocycles. The molecule has 4 aromatic carbocycles. The van der Waals surface area contributed by atoms with E-state index >= 15 is 0 Å². The number of thioether (sulfide) groups is 1. The minimum Gasteiger partial charge on any atom is -0.107 e. The van der Waals surface area contributed by atoms with Crippen LogP contribution in [-0.2, 0) is 19.1 Å². The van der Waals surface area contributed by atoms with Crippen LogP contribution in [0.4, 0.5) is 4.79 Å². The van der Waals surface area contributed by atoms with Gasteiger partial charge < -0.3 is 5.11 Å². The predicted octanol–water partition coefficient (Wildman–Crippen LogP) is 5.69. The topological polar surface area (TPSA) is 145 Å². The van der Waals surface area contributed by atoms with Crippen LogP contribution in [-0.4, -0.2) is 67.9 Å². The average Bonchev–Trinajstić information content (AvgIpc) is 3.13. The maximum Gasteiger partial charge on any atom is -0.107 e. The number of carbonyl (C=O) groups excluding carboxylic acids is 3. The third kappa shape index (κ3) is 8.36. The molecular formula is C39H40ClIN3O7PS. The third-order valence-corrected chi connectivity index (χ3v) is 15.6. The number of amides is 3. The number of fused-ring (bicyclic) bond motifs is 1. The number of phenols is 1. The van der Waals surface area contributed by atoms with E-state index in [9.17, 15) is 29.4 Å². The van der Waals surface area contributed by atoms with Gasteiger partial charge in [0.1, 0.15) is 11.4 Å². The van der Waals surface area contributed by atoms with Gasteiger partial charge in [0.2, 0.25) is 0 Å². The Morgan fingerprint density at radius 1 is 0.925 bits per heavy atom. The van der Waals surface area contributed by atoms with Gasteiger partial charge in [0.05, 0.1) is 0 Å². The summed E-state index contributed by atoms with van der Waals surface area (Å²) in [4.78, 5) is 54.8. The Hall–Kier alpha value is -4.10. The molecule has 0 radical (unpaired) electrons. The van der Waals surface area contributed by atoms with Crippen molar-refractivity contribution in [1.29, 1.82) is 0 Å². The number of alkyl carbamates (subject to hydrolysis) is 1. The van der Waals surface area contributed by atoms with Crippen molar-refractivity contribution in [2.24, 2.45) is 0 Å². The van der Waals surface area contributed by atoms with Crippen LogP contribution in [0.5, 0.6) is 5.75 Å². The number of hydrogen-bond acceptors (Lipinski definition) is 7. The summed E-state index contributed by atoms with van der Waals surface area (Å²) in [6, 6.07) is 32.0.